The first kappa shape index (κ1) is 21.4. The first-order valence-electron chi connectivity index (χ1n) is 10.3. The summed E-state index contributed by atoms with van der Waals surface area (Å²) in [6.07, 6.45) is 0. The number of aryl methyl sites for hydroxylation is 4. The topological polar surface area (TPSA) is 86.8 Å². The quantitative estimate of drug-likeness (QED) is 0.739. The monoisotopic (exact) mass is 441 g/mol. The summed E-state index contributed by atoms with van der Waals surface area (Å²) >= 11 is 0. The molecule has 0 unspecified atom stereocenters. The molecule has 1 N–H and O–H groups in total. The van der Waals surface area contributed by atoms with E-state index in [9.17, 15) is 18.0 Å². The van der Waals surface area contributed by atoms with Crippen molar-refractivity contribution in [2.75, 3.05) is 28.3 Å². The predicted molar refractivity (Wildman–Crippen MR) is 121 cm³/mol. The van der Waals surface area contributed by atoms with Crippen LogP contribution in [0.3, 0.4) is 0 Å². The molecule has 2 atom stereocenters. The van der Waals surface area contributed by atoms with E-state index in [1.807, 2.05) is 64.1 Å². The lowest BCUT2D eigenvalue weighted by molar-refractivity contribution is -0.116. The van der Waals surface area contributed by atoms with Gasteiger partial charge in [-0.15, -0.1) is 0 Å². The number of carbonyl (C=O) groups excluding carboxylic acids is 2. The van der Waals surface area contributed by atoms with Gasteiger partial charge in [0, 0.05) is 11.4 Å². The predicted octanol–water partition coefficient (Wildman–Crippen LogP) is 2.97. The molecule has 2 saturated heterocycles. The Morgan fingerprint density at radius 3 is 2.00 bits per heavy atom. The molecule has 0 bridgehead atoms. The van der Waals surface area contributed by atoms with Crippen LogP contribution in [0.2, 0.25) is 0 Å². The highest BCUT2D eigenvalue weighted by atomic mass is 32.2. The van der Waals surface area contributed by atoms with Crippen LogP contribution in [-0.2, 0) is 14.6 Å². The molecule has 7 nitrogen and oxygen atoms in total. The van der Waals surface area contributed by atoms with Crippen molar-refractivity contribution in [3.8, 4) is 0 Å². The summed E-state index contributed by atoms with van der Waals surface area (Å²) in [4.78, 5) is 29.1. The molecule has 8 heteroatoms. The molecule has 2 aromatic carbocycles. The van der Waals surface area contributed by atoms with E-state index >= 15 is 0 Å². The minimum atomic E-state index is -3.30. The van der Waals surface area contributed by atoms with Crippen molar-refractivity contribution in [2.24, 2.45) is 0 Å². The summed E-state index contributed by atoms with van der Waals surface area (Å²) in [5, 5.41) is 2.84. The van der Waals surface area contributed by atoms with Crippen molar-refractivity contribution in [3.05, 3.63) is 58.7 Å². The van der Waals surface area contributed by atoms with E-state index in [4.69, 9.17) is 0 Å². The summed E-state index contributed by atoms with van der Waals surface area (Å²) in [5.41, 5.74) is 5.37. The Kier molecular flexibility index (Phi) is 5.29. The van der Waals surface area contributed by atoms with E-state index in [-0.39, 0.29) is 30.0 Å². The van der Waals surface area contributed by atoms with Crippen LogP contribution in [0.4, 0.5) is 16.2 Å². The molecule has 2 aliphatic heterocycles. The van der Waals surface area contributed by atoms with Crippen LogP contribution in [0.5, 0.6) is 0 Å². The SMILES string of the molecule is Cc1cc(C)cc(NC(=O)CN2C(=O)N(c3cc(C)cc(C)c3)[C@@H]3CS(=O)(=O)C[C@@H]32)c1. The second kappa shape index (κ2) is 7.67. The van der Waals surface area contributed by atoms with Gasteiger partial charge in [0.1, 0.15) is 6.54 Å². The Balaban J connectivity index is 1.61. The van der Waals surface area contributed by atoms with Gasteiger partial charge in [-0.05, 0) is 74.2 Å². The molecule has 2 aliphatic rings. The second-order valence-electron chi connectivity index (χ2n) is 8.76. The van der Waals surface area contributed by atoms with Crippen molar-refractivity contribution in [1.82, 2.24) is 4.90 Å². The highest BCUT2D eigenvalue weighted by Gasteiger charge is 2.54. The summed E-state index contributed by atoms with van der Waals surface area (Å²) in [7, 11) is -3.30. The number of rotatable bonds is 4. The first-order chi connectivity index (χ1) is 14.5. The molecule has 0 aromatic heterocycles. The van der Waals surface area contributed by atoms with Crippen LogP contribution in [0, 0.1) is 27.7 Å². The summed E-state index contributed by atoms with van der Waals surface area (Å²) in [6, 6.07) is 10.1. The highest BCUT2D eigenvalue weighted by Crippen LogP contribution is 2.35. The Labute approximate surface area is 183 Å². The maximum Gasteiger partial charge on any atom is 0.325 e. The number of sulfone groups is 1. The molecule has 0 saturated carbocycles. The Bertz CT molecular complexity index is 1130. The molecule has 0 radical (unpaired) electrons. The zero-order chi connectivity index (χ0) is 22.5. The fourth-order valence-corrected chi connectivity index (χ4v) is 6.71. The molecule has 164 valence electrons. The molecule has 0 spiro atoms. The number of nitrogens with one attached hydrogen (secondary N) is 1. The Morgan fingerprint density at radius 2 is 1.42 bits per heavy atom. The highest BCUT2D eigenvalue weighted by molar-refractivity contribution is 7.91. The molecule has 4 rings (SSSR count). The first-order valence-corrected chi connectivity index (χ1v) is 12.1. The van der Waals surface area contributed by atoms with Crippen LogP contribution in [0.15, 0.2) is 36.4 Å². The normalized spacial score (nSPS) is 22.0. The number of hydrogen-bond donors (Lipinski definition) is 1. The number of nitrogens with zero attached hydrogens (tertiary/aromatic N) is 2. The molecule has 2 heterocycles. The zero-order valence-electron chi connectivity index (χ0n) is 18.2. The molecule has 0 aliphatic carbocycles. The van der Waals surface area contributed by atoms with Gasteiger partial charge in [-0.3, -0.25) is 9.69 Å². The van der Waals surface area contributed by atoms with Crippen LogP contribution in [-0.4, -0.2) is 55.4 Å². The number of anilines is 2. The third kappa shape index (κ3) is 4.30. The Morgan fingerprint density at radius 1 is 0.903 bits per heavy atom. The maximum atomic E-state index is 13.3. The molecule has 31 heavy (non-hydrogen) atoms. The third-order valence-electron chi connectivity index (χ3n) is 5.78. The number of amides is 3. The Hall–Kier alpha value is -2.87. The van der Waals surface area contributed by atoms with Gasteiger partial charge in [0.05, 0.1) is 23.6 Å². The fourth-order valence-electron chi connectivity index (χ4n) is 4.76. The van der Waals surface area contributed by atoms with Gasteiger partial charge < -0.3 is 10.2 Å². The largest absolute Gasteiger partial charge is 0.325 e. The molecule has 2 aromatic rings. The van der Waals surface area contributed by atoms with Crippen molar-refractivity contribution in [3.63, 3.8) is 0 Å². The van der Waals surface area contributed by atoms with Crippen molar-refractivity contribution in [2.45, 2.75) is 39.8 Å². The van der Waals surface area contributed by atoms with Crippen molar-refractivity contribution in [1.29, 1.82) is 0 Å². The van der Waals surface area contributed by atoms with Crippen molar-refractivity contribution >= 4 is 33.2 Å². The van der Waals surface area contributed by atoms with Crippen molar-refractivity contribution < 1.29 is 18.0 Å². The summed E-state index contributed by atoms with van der Waals surface area (Å²) < 4.78 is 24.8. The zero-order valence-corrected chi connectivity index (χ0v) is 19.0. The van der Waals surface area contributed by atoms with Gasteiger partial charge >= 0.3 is 6.03 Å². The van der Waals surface area contributed by atoms with Gasteiger partial charge in [-0.2, -0.15) is 0 Å². The van der Waals surface area contributed by atoms with Gasteiger partial charge in [-0.1, -0.05) is 12.1 Å². The number of hydrogen-bond acceptors (Lipinski definition) is 4. The smallest absolute Gasteiger partial charge is 0.325 e. The average Bonchev–Trinajstić information content (AvgIpc) is 3.03. The van der Waals surface area contributed by atoms with Crippen LogP contribution >= 0.6 is 0 Å². The van der Waals surface area contributed by atoms with E-state index in [1.54, 1.807) is 4.90 Å². The maximum absolute atomic E-state index is 13.3. The standard InChI is InChI=1S/C23H27N3O4S/c1-14-5-15(2)8-18(7-14)24-22(27)11-25-20-12-31(29,30)13-21(20)26(23(25)28)19-9-16(3)6-17(4)10-19/h5-10,20-21H,11-13H2,1-4H3,(H,24,27)/t20-,21+/m0/s1. The second-order valence-corrected chi connectivity index (χ2v) is 10.9. The van der Waals surface area contributed by atoms with Crippen LogP contribution < -0.4 is 10.2 Å². The van der Waals surface area contributed by atoms with Gasteiger partial charge in [0.25, 0.3) is 0 Å². The lowest BCUT2D eigenvalue weighted by Gasteiger charge is -2.23. The van der Waals surface area contributed by atoms with Gasteiger partial charge in [0.2, 0.25) is 5.91 Å². The number of fused-ring (bicyclic) bond motifs is 1. The van der Waals surface area contributed by atoms with Gasteiger partial charge in [0.15, 0.2) is 9.84 Å². The van der Waals surface area contributed by atoms with Crippen LogP contribution in [0.25, 0.3) is 0 Å². The number of benzene rings is 2. The molecular weight excluding hydrogens is 414 g/mol. The van der Waals surface area contributed by atoms with E-state index in [0.717, 1.165) is 22.3 Å². The fraction of sp³-hybridized carbons (Fsp3) is 0.391. The lowest BCUT2D eigenvalue weighted by atomic mass is 10.1. The molecular formula is C23H27N3O4S. The van der Waals surface area contributed by atoms with E-state index in [2.05, 4.69) is 5.32 Å². The summed E-state index contributed by atoms with van der Waals surface area (Å²) in [5.74, 6) is -0.559. The molecule has 3 amide bonds. The average molecular weight is 442 g/mol. The van der Waals surface area contributed by atoms with Gasteiger partial charge in [-0.25, -0.2) is 13.2 Å². The molecule has 2 fully saturated rings. The minimum Gasteiger partial charge on any atom is -0.325 e. The minimum absolute atomic E-state index is 0.0917. The van der Waals surface area contributed by atoms with E-state index < -0.39 is 21.9 Å². The van der Waals surface area contributed by atoms with E-state index in [0.29, 0.717) is 11.4 Å². The third-order valence-corrected chi connectivity index (χ3v) is 7.48. The summed E-state index contributed by atoms with van der Waals surface area (Å²) in [6.45, 7) is 7.58. The number of urea groups is 1. The number of carbonyl (C=O) groups is 2. The van der Waals surface area contributed by atoms with E-state index in [1.165, 1.54) is 4.90 Å². The van der Waals surface area contributed by atoms with Crippen LogP contribution in [0.1, 0.15) is 22.3 Å². The lowest BCUT2D eigenvalue weighted by Crippen LogP contribution is -2.42.